The molecule has 0 radical (unpaired) electrons. The molecule has 0 fully saturated rings. The van der Waals surface area contributed by atoms with Gasteiger partial charge in [0.15, 0.2) is 11.5 Å². The predicted octanol–water partition coefficient (Wildman–Crippen LogP) is 3.19. The van der Waals surface area contributed by atoms with Crippen molar-refractivity contribution in [3.05, 3.63) is 45.5 Å². The summed E-state index contributed by atoms with van der Waals surface area (Å²) in [5.74, 6) is 0.815. The second-order valence-corrected chi connectivity index (χ2v) is 7.05. The molecule has 0 aliphatic heterocycles. The van der Waals surface area contributed by atoms with E-state index < -0.39 is 0 Å². The van der Waals surface area contributed by atoms with Crippen LogP contribution < -0.4 is 25.0 Å². The van der Waals surface area contributed by atoms with Gasteiger partial charge in [-0.15, -0.1) is 0 Å². The minimum atomic E-state index is -0.369. The summed E-state index contributed by atoms with van der Waals surface area (Å²) >= 11 is 2.18. The van der Waals surface area contributed by atoms with Gasteiger partial charge in [-0.25, -0.2) is 5.43 Å². The molecule has 0 spiro atoms. The van der Waals surface area contributed by atoms with Crippen molar-refractivity contribution in [3.8, 4) is 17.2 Å². The van der Waals surface area contributed by atoms with E-state index in [-0.39, 0.29) is 24.7 Å². The highest BCUT2D eigenvalue weighted by atomic mass is 127. The second-order valence-electron chi connectivity index (χ2n) is 5.81. The maximum absolute atomic E-state index is 11.9. The zero-order chi connectivity index (χ0) is 21.2. The summed E-state index contributed by atoms with van der Waals surface area (Å²) in [5, 5.41) is 6.65. The molecular formula is C20H22IN3O5. The fraction of sp³-hybridized carbons (Fsp3) is 0.250. The number of rotatable bonds is 9. The van der Waals surface area contributed by atoms with E-state index in [1.807, 2.05) is 12.1 Å². The van der Waals surface area contributed by atoms with E-state index in [0.29, 0.717) is 28.5 Å². The lowest BCUT2D eigenvalue weighted by atomic mass is 10.2. The number of methoxy groups -OCH3 is 3. The summed E-state index contributed by atoms with van der Waals surface area (Å²) in [4.78, 5) is 23.8. The molecule has 0 aliphatic rings. The van der Waals surface area contributed by atoms with E-state index in [0.717, 1.165) is 3.57 Å². The van der Waals surface area contributed by atoms with Crippen LogP contribution in [0.3, 0.4) is 0 Å². The molecule has 0 saturated heterocycles. The van der Waals surface area contributed by atoms with Crippen molar-refractivity contribution in [2.24, 2.45) is 5.10 Å². The van der Waals surface area contributed by atoms with Crippen molar-refractivity contribution in [1.82, 2.24) is 5.43 Å². The monoisotopic (exact) mass is 511 g/mol. The van der Waals surface area contributed by atoms with Gasteiger partial charge in [-0.3, -0.25) is 9.59 Å². The Balaban J connectivity index is 1.86. The highest BCUT2D eigenvalue weighted by molar-refractivity contribution is 14.1. The highest BCUT2D eigenvalue weighted by Gasteiger charge is 2.12. The summed E-state index contributed by atoms with van der Waals surface area (Å²) in [6.07, 6.45) is 1.52. The number of hydrogen-bond donors (Lipinski definition) is 2. The molecule has 2 aromatic carbocycles. The van der Waals surface area contributed by atoms with Gasteiger partial charge >= 0.3 is 0 Å². The second kappa shape index (κ2) is 11.2. The zero-order valence-electron chi connectivity index (χ0n) is 16.3. The van der Waals surface area contributed by atoms with Crippen LogP contribution in [0.5, 0.6) is 17.2 Å². The third-order valence-corrected chi connectivity index (χ3v) is 4.52. The molecule has 29 heavy (non-hydrogen) atoms. The van der Waals surface area contributed by atoms with Gasteiger partial charge in [0, 0.05) is 27.7 Å². The van der Waals surface area contributed by atoms with Crippen LogP contribution in [-0.2, 0) is 9.59 Å². The molecule has 0 saturated carbocycles. The average Bonchev–Trinajstić information content (AvgIpc) is 2.73. The Hall–Kier alpha value is -2.82. The molecule has 2 rings (SSSR count). The van der Waals surface area contributed by atoms with E-state index in [9.17, 15) is 9.59 Å². The Labute approximate surface area is 182 Å². The van der Waals surface area contributed by atoms with Crippen molar-refractivity contribution in [3.63, 3.8) is 0 Å². The number of carbonyl (C=O) groups is 2. The van der Waals surface area contributed by atoms with Crippen LogP contribution in [0.25, 0.3) is 0 Å². The Morgan fingerprint density at radius 3 is 2.10 bits per heavy atom. The van der Waals surface area contributed by atoms with Gasteiger partial charge in [0.05, 0.1) is 27.5 Å². The first kappa shape index (κ1) is 22.5. The van der Waals surface area contributed by atoms with Crippen LogP contribution in [-0.4, -0.2) is 39.4 Å². The average molecular weight is 511 g/mol. The van der Waals surface area contributed by atoms with Gasteiger partial charge in [0.1, 0.15) is 0 Å². The Morgan fingerprint density at radius 2 is 1.55 bits per heavy atom. The standard InChI is InChI=1S/C20H22IN3O5/c1-27-16-10-13(11-17(28-2)20(16)29-3)12-22-24-19(26)9-8-18(25)23-15-6-4-14(21)5-7-15/h4-7,10-12H,8-9H2,1-3H3,(H,23,25)(H,24,26)/b22-12+. The third kappa shape index (κ3) is 6.93. The maximum atomic E-state index is 11.9. The van der Waals surface area contributed by atoms with Gasteiger partial charge < -0.3 is 19.5 Å². The summed E-state index contributed by atoms with van der Waals surface area (Å²) in [6.45, 7) is 0. The molecule has 0 aromatic heterocycles. The van der Waals surface area contributed by atoms with Crippen LogP contribution in [0.4, 0.5) is 5.69 Å². The summed E-state index contributed by atoms with van der Waals surface area (Å²) in [6, 6.07) is 10.8. The summed E-state index contributed by atoms with van der Waals surface area (Å²) < 4.78 is 16.9. The summed E-state index contributed by atoms with van der Waals surface area (Å²) in [5.41, 5.74) is 3.74. The first-order valence-corrected chi connectivity index (χ1v) is 9.72. The number of halogens is 1. The quantitative estimate of drug-likeness (QED) is 0.306. The lowest BCUT2D eigenvalue weighted by Crippen LogP contribution is -2.20. The molecule has 0 heterocycles. The molecule has 2 amide bonds. The zero-order valence-corrected chi connectivity index (χ0v) is 18.5. The molecule has 9 heteroatoms. The van der Waals surface area contributed by atoms with Crippen LogP contribution in [0.1, 0.15) is 18.4 Å². The largest absolute Gasteiger partial charge is 0.493 e. The molecule has 8 nitrogen and oxygen atoms in total. The molecule has 154 valence electrons. The number of ether oxygens (including phenoxy) is 3. The number of nitrogens with zero attached hydrogens (tertiary/aromatic N) is 1. The first-order chi connectivity index (χ1) is 14.0. The van der Waals surface area contributed by atoms with Gasteiger partial charge in [0.25, 0.3) is 0 Å². The van der Waals surface area contributed by atoms with E-state index in [1.54, 1.807) is 24.3 Å². The van der Waals surface area contributed by atoms with Crippen LogP contribution >= 0.6 is 22.6 Å². The molecule has 2 N–H and O–H groups in total. The lowest BCUT2D eigenvalue weighted by Gasteiger charge is -2.12. The number of hydrazone groups is 1. The van der Waals surface area contributed by atoms with E-state index >= 15 is 0 Å². The van der Waals surface area contributed by atoms with Gasteiger partial charge in [-0.05, 0) is 59.0 Å². The van der Waals surface area contributed by atoms with Crippen molar-refractivity contribution in [2.75, 3.05) is 26.6 Å². The molecule has 0 atom stereocenters. The maximum Gasteiger partial charge on any atom is 0.240 e. The molecule has 0 aliphatic carbocycles. The third-order valence-electron chi connectivity index (χ3n) is 3.80. The molecule has 0 bridgehead atoms. The normalized spacial score (nSPS) is 10.5. The fourth-order valence-corrected chi connectivity index (χ4v) is 2.75. The van der Waals surface area contributed by atoms with Crippen molar-refractivity contribution in [2.45, 2.75) is 12.8 Å². The highest BCUT2D eigenvalue weighted by Crippen LogP contribution is 2.37. The van der Waals surface area contributed by atoms with E-state index in [2.05, 4.69) is 38.4 Å². The SMILES string of the molecule is COc1cc(/C=N/NC(=O)CCC(=O)Nc2ccc(I)cc2)cc(OC)c1OC. The minimum Gasteiger partial charge on any atom is -0.493 e. The summed E-state index contributed by atoms with van der Waals surface area (Å²) in [7, 11) is 4.55. The smallest absolute Gasteiger partial charge is 0.240 e. The molecular weight excluding hydrogens is 489 g/mol. The number of anilines is 1. The Kier molecular flexibility index (Phi) is 8.71. The van der Waals surface area contributed by atoms with Crippen molar-refractivity contribution >= 4 is 46.3 Å². The number of nitrogens with one attached hydrogen (secondary N) is 2. The number of benzene rings is 2. The topological polar surface area (TPSA) is 98.2 Å². The van der Waals surface area contributed by atoms with Gasteiger partial charge in [0.2, 0.25) is 17.6 Å². The number of amides is 2. The molecule has 0 unspecified atom stereocenters. The Morgan fingerprint density at radius 1 is 0.966 bits per heavy atom. The van der Waals surface area contributed by atoms with Crippen LogP contribution in [0, 0.1) is 3.57 Å². The van der Waals surface area contributed by atoms with E-state index in [1.165, 1.54) is 27.5 Å². The Bertz CT molecular complexity index is 859. The van der Waals surface area contributed by atoms with Crippen molar-refractivity contribution in [1.29, 1.82) is 0 Å². The minimum absolute atomic E-state index is 0.0167. The van der Waals surface area contributed by atoms with E-state index in [4.69, 9.17) is 14.2 Å². The molecule has 2 aromatic rings. The van der Waals surface area contributed by atoms with Crippen LogP contribution in [0.15, 0.2) is 41.5 Å². The fourth-order valence-electron chi connectivity index (χ4n) is 2.39. The number of hydrogen-bond acceptors (Lipinski definition) is 6. The van der Waals surface area contributed by atoms with Crippen LogP contribution in [0.2, 0.25) is 0 Å². The van der Waals surface area contributed by atoms with Gasteiger partial charge in [-0.1, -0.05) is 0 Å². The van der Waals surface area contributed by atoms with Crippen molar-refractivity contribution < 1.29 is 23.8 Å². The number of carbonyl (C=O) groups excluding carboxylic acids is 2. The lowest BCUT2D eigenvalue weighted by molar-refractivity contribution is -0.124. The van der Waals surface area contributed by atoms with Gasteiger partial charge in [-0.2, -0.15) is 5.10 Å². The first-order valence-electron chi connectivity index (χ1n) is 8.64. The predicted molar refractivity (Wildman–Crippen MR) is 119 cm³/mol.